The van der Waals surface area contributed by atoms with Crippen molar-refractivity contribution >= 4 is 23.1 Å². The average Bonchev–Trinajstić information content (AvgIpc) is 3.42. The zero-order chi connectivity index (χ0) is 34.1. The predicted molar refractivity (Wildman–Crippen MR) is 217 cm³/mol. The van der Waals surface area contributed by atoms with Crippen LogP contribution in [0.3, 0.4) is 0 Å². The van der Waals surface area contributed by atoms with Crippen LogP contribution in [0.15, 0.2) is 169 Å². The van der Waals surface area contributed by atoms with Crippen molar-refractivity contribution in [1.82, 2.24) is 0 Å². The Morgan fingerprint density at radius 1 is 0.660 bits per heavy atom. The number of nitrogens with one attached hydrogen (secondary N) is 1. The van der Waals surface area contributed by atoms with Gasteiger partial charge in [0, 0.05) is 28.5 Å². The number of fused-ring (bicyclic) bond motifs is 1. The van der Waals surface area contributed by atoms with Crippen molar-refractivity contribution in [1.29, 1.82) is 0 Å². The summed E-state index contributed by atoms with van der Waals surface area (Å²) < 4.78 is 0. The van der Waals surface area contributed by atoms with Crippen LogP contribution in [-0.4, -0.2) is 0 Å². The lowest BCUT2D eigenvalue weighted by molar-refractivity contribution is 0.852. The summed E-state index contributed by atoms with van der Waals surface area (Å²) in [5.41, 5.74) is 16.0. The normalized spacial score (nSPS) is 14.3. The smallest absolute Gasteiger partial charge is 0.0458 e. The first-order valence-electron chi connectivity index (χ1n) is 18.1. The van der Waals surface area contributed by atoms with Crippen molar-refractivity contribution in [3.8, 4) is 33.4 Å². The Labute approximate surface area is 298 Å². The highest BCUT2D eigenvalue weighted by Gasteiger charge is 2.13. The van der Waals surface area contributed by atoms with Gasteiger partial charge in [0.15, 0.2) is 0 Å². The molecule has 0 saturated heterocycles. The van der Waals surface area contributed by atoms with E-state index in [9.17, 15) is 0 Å². The van der Waals surface area contributed by atoms with E-state index in [4.69, 9.17) is 0 Å². The Morgan fingerprint density at radius 2 is 1.24 bits per heavy atom. The second-order valence-corrected chi connectivity index (χ2v) is 13.2. The minimum absolute atomic E-state index is 1.01. The minimum atomic E-state index is 1.01. The second-order valence-electron chi connectivity index (χ2n) is 13.2. The van der Waals surface area contributed by atoms with Crippen LogP contribution in [0.5, 0.6) is 0 Å². The average molecular weight is 651 g/mol. The summed E-state index contributed by atoms with van der Waals surface area (Å²) in [6.07, 6.45) is 24.4. The van der Waals surface area contributed by atoms with Crippen LogP contribution < -0.4 is 10.2 Å². The van der Waals surface area contributed by atoms with Gasteiger partial charge in [-0.1, -0.05) is 116 Å². The highest BCUT2D eigenvalue weighted by Crippen LogP contribution is 2.35. The van der Waals surface area contributed by atoms with Crippen molar-refractivity contribution in [3.05, 3.63) is 180 Å². The van der Waals surface area contributed by atoms with E-state index in [0.717, 1.165) is 49.2 Å². The minimum Gasteiger partial charge on any atom is -0.359 e. The van der Waals surface area contributed by atoms with Gasteiger partial charge in [-0.2, -0.15) is 0 Å². The molecule has 0 unspecified atom stereocenters. The van der Waals surface area contributed by atoms with E-state index < -0.39 is 0 Å². The Kier molecular flexibility index (Phi) is 10.4. The molecule has 5 aromatic carbocycles. The lowest BCUT2D eigenvalue weighted by Crippen LogP contribution is -2.14. The van der Waals surface area contributed by atoms with Crippen LogP contribution in [0.25, 0.3) is 39.5 Å². The molecular formula is C48H46N2. The van der Waals surface area contributed by atoms with Gasteiger partial charge in [0.2, 0.25) is 0 Å². The quantitative estimate of drug-likeness (QED) is 0.151. The van der Waals surface area contributed by atoms with Gasteiger partial charge in [0.1, 0.15) is 0 Å². The topological polar surface area (TPSA) is 15.3 Å². The molecule has 7 rings (SSSR count). The fraction of sp³-hybridized carbons (Fsp3) is 0.167. The van der Waals surface area contributed by atoms with Crippen molar-refractivity contribution in [2.75, 3.05) is 10.2 Å². The fourth-order valence-electron chi connectivity index (χ4n) is 6.85. The summed E-state index contributed by atoms with van der Waals surface area (Å²) in [5.74, 6) is 0. The van der Waals surface area contributed by atoms with Crippen molar-refractivity contribution in [3.63, 3.8) is 0 Å². The first kappa shape index (κ1) is 32.9. The van der Waals surface area contributed by atoms with Gasteiger partial charge in [0.05, 0.1) is 0 Å². The summed E-state index contributed by atoms with van der Waals surface area (Å²) in [6.45, 7) is 4.36. The number of hydrogen-bond acceptors (Lipinski definition) is 2. The summed E-state index contributed by atoms with van der Waals surface area (Å²) >= 11 is 0. The zero-order valence-corrected chi connectivity index (χ0v) is 29.3. The van der Waals surface area contributed by atoms with E-state index in [1.54, 1.807) is 0 Å². The van der Waals surface area contributed by atoms with Gasteiger partial charge in [-0.15, -0.1) is 0 Å². The lowest BCUT2D eigenvalue weighted by atomic mass is 9.97. The maximum Gasteiger partial charge on any atom is 0.0458 e. The Bertz CT molecular complexity index is 2050. The van der Waals surface area contributed by atoms with Crippen molar-refractivity contribution in [2.24, 2.45) is 0 Å². The van der Waals surface area contributed by atoms with Crippen LogP contribution in [0, 0.1) is 0 Å². The van der Waals surface area contributed by atoms with Crippen LogP contribution >= 0.6 is 0 Å². The van der Waals surface area contributed by atoms with Crippen LogP contribution in [0.2, 0.25) is 0 Å². The predicted octanol–water partition coefficient (Wildman–Crippen LogP) is 13.7. The molecule has 0 amide bonds. The molecule has 0 bridgehead atoms. The highest BCUT2D eigenvalue weighted by atomic mass is 15.1. The molecule has 2 nitrogen and oxygen atoms in total. The molecule has 0 atom stereocenters. The van der Waals surface area contributed by atoms with Gasteiger partial charge in [-0.25, -0.2) is 0 Å². The summed E-state index contributed by atoms with van der Waals surface area (Å²) in [6, 6.07) is 42.5. The number of hydrogen-bond donors (Lipinski definition) is 1. The maximum atomic E-state index is 3.55. The van der Waals surface area contributed by atoms with Gasteiger partial charge in [0.25, 0.3) is 0 Å². The van der Waals surface area contributed by atoms with E-state index in [-0.39, 0.29) is 0 Å². The highest BCUT2D eigenvalue weighted by molar-refractivity contribution is 5.77. The van der Waals surface area contributed by atoms with Gasteiger partial charge in [-0.3, -0.25) is 0 Å². The first-order chi connectivity index (χ1) is 24.6. The molecule has 0 saturated carbocycles. The van der Waals surface area contributed by atoms with Crippen LogP contribution in [-0.2, 0) is 6.42 Å². The third kappa shape index (κ3) is 7.82. The molecule has 1 N–H and O–H groups in total. The molecule has 2 heteroatoms. The number of allylic oxidation sites excluding steroid dienone is 9. The van der Waals surface area contributed by atoms with E-state index in [1.807, 2.05) is 0 Å². The molecule has 0 radical (unpaired) electrons. The molecule has 248 valence electrons. The molecular weight excluding hydrogens is 605 g/mol. The number of benzene rings is 5. The second kappa shape index (κ2) is 15.7. The molecule has 0 spiro atoms. The molecule has 2 aliphatic carbocycles. The molecule has 0 aliphatic heterocycles. The maximum absolute atomic E-state index is 3.55. The molecule has 0 aromatic heterocycles. The Morgan fingerprint density at radius 3 is 1.84 bits per heavy atom. The van der Waals surface area contributed by atoms with E-state index in [1.165, 1.54) is 62.3 Å². The molecule has 50 heavy (non-hydrogen) atoms. The summed E-state index contributed by atoms with van der Waals surface area (Å²) in [7, 11) is 0. The molecule has 0 fully saturated rings. The fourth-order valence-corrected chi connectivity index (χ4v) is 6.85. The largest absolute Gasteiger partial charge is 0.359 e. The number of anilines is 3. The SMILES string of the molecule is CC/C=C\C=C(/C)N(c1ccc(-c2ccc(-c3ccc(NC4=CC=CCC4)cc3)cc2)cc1)c1ccc(-c2ccc3c(c2)C=CCCC3)cc1. The van der Waals surface area contributed by atoms with Crippen LogP contribution in [0.1, 0.15) is 57.1 Å². The zero-order valence-electron chi connectivity index (χ0n) is 29.3. The number of aryl methyl sites for hydroxylation is 1. The summed E-state index contributed by atoms with van der Waals surface area (Å²) in [5, 5.41) is 3.55. The van der Waals surface area contributed by atoms with Crippen molar-refractivity contribution < 1.29 is 0 Å². The summed E-state index contributed by atoms with van der Waals surface area (Å²) in [4.78, 5) is 2.34. The molecule has 2 aliphatic rings. The molecule has 5 aromatic rings. The standard InChI is InChI=1S/C48H46N2/c1-3-4-7-12-36(2)50(48-33-27-42(28-34-48)44-22-21-37-13-8-5-9-14-43(37)35-44)47-31-25-41(26-32-47)39-19-17-38(18-20-39)40-23-29-46(30-24-40)49-45-15-10-6-11-16-45/h4,6-7,9-10,12,14-15,17-35,49H,3,5,8,11,13,16H2,1-2H3/b7-4-,36-12+. The Balaban J connectivity index is 1.09. The van der Waals surface area contributed by atoms with Gasteiger partial charge in [-0.05, 0) is 145 Å². The third-order valence-corrected chi connectivity index (χ3v) is 9.66. The monoisotopic (exact) mass is 650 g/mol. The number of rotatable bonds is 10. The van der Waals surface area contributed by atoms with Crippen LogP contribution in [0.4, 0.5) is 17.1 Å². The molecule has 0 heterocycles. The van der Waals surface area contributed by atoms with Gasteiger partial charge >= 0.3 is 0 Å². The van der Waals surface area contributed by atoms with E-state index in [2.05, 4.69) is 188 Å². The van der Waals surface area contributed by atoms with E-state index >= 15 is 0 Å². The third-order valence-electron chi connectivity index (χ3n) is 9.66. The lowest BCUT2D eigenvalue weighted by Gasteiger charge is -2.26. The van der Waals surface area contributed by atoms with Crippen molar-refractivity contribution in [2.45, 2.75) is 52.4 Å². The Hall–Kier alpha value is -5.60. The van der Waals surface area contributed by atoms with E-state index in [0.29, 0.717) is 0 Å². The number of nitrogens with zero attached hydrogens (tertiary/aromatic N) is 1. The first-order valence-corrected chi connectivity index (χ1v) is 18.1. The van der Waals surface area contributed by atoms with Gasteiger partial charge < -0.3 is 10.2 Å².